The van der Waals surface area contributed by atoms with Gasteiger partial charge in [-0.1, -0.05) is 0 Å². The average molecular weight is 365 g/mol. The molecular formula is C10H16N5O8P. The second kappa shape index (κ2) is 6.04. The number of nitrogens with two attached hydrogens (primary N) is 1. The number of hydrogen-bond donors (Lipinski definition) is 6. The van der Waals surface area contributed by atoms with Crippen molar-refractivity contribution in [1.29, 1.82) is 0 Å². The summed E-state index contributed by atoms with van der Waals surface area (Å²) in [6.07, 6.45) is -4.86. The van der Waals surface area contributed by atoms with Crippen molar-refractivity contribution in [1.82, 2.24) is 10.2 Å². The van der Waals surface area contributed by atoms with Crippen molar-refractivity contribution < 1.29 is 38.6 Å². The van der Waals surface area contributed by atoms with Gasteiger partial charge in [0.05, 0.1) is 12.9 Å². The van der Waals surface area contributed by atoms with Crippen molar-refractivity contribution in [2.24, 2.45) is 15.7 Å². The van der Waals surface area contributed by atoms with Crippen molar-refractivity contribution >= 4 is 26.0 Å². The normalized spacial score (nSPS) is 38.9. The molecular weight excluding hydrogens is 349 g/mol. The number of fused-ring (bicyclic) bond motifs is 1. The van der Waals surface area contributed by atoms with Crippen LogP contribution in [0.3, 0.4) is 0 Å². The average Bonchev–Trinajstić information content (AvgIpc) is 3.00. The van der Waals surface area contributed by atoms with E-state index >= 15 is 0 Å². The third kappa shape index (κ3) is 3.15. The minimum atomic E-state index is -4.75. The lowest BCUT2D eigenvalue weighted by Crippen LogP contribution is -2.56. The number of amides is 1. The number of nitrogens with zero attached hydrogens (tertiary/aromatic N) is 3. The summed E-state index contributed by atoms with van der Waals surface area (Å²) in [6, 6.07) is -0.879. The molecule has 6 atom stereocenters. The van der Waals surface area contributed by atoms with E-state index in [2.05, 4.69) is 19.8 Å². The molecule has 0 aliphatic carbocycles. The lowest BCUT2D eigenvalue weighted by Gasteiger charge is -2.32. The zero-order chi connectivity index (χ0) is 17.6. The standard InChI is InChI=1S/C10H16N5O8P/c11-10-13-7-4(8(18)14-10)12-2-15(7)9-6(17)5(16)3(23-9)1-22-24(19,20)21/h2-7,9,16-17H,1H2,(H2,19,20,21)(H3,11,13,14,18)/t3-,4+,5-,6-,7+,9-/m1/s1. The Morgan fingerprint density at radius 2 is 2.12 bits per heavy atom. The Balaban J connectivity index is 1.73. The van der Waals surface area contributed by atoms with Gasteiger partial charge in [-0.2, -0.15) is 0 Å². The summed E-state index contributed by atoms with van der Waals surface area (Å²) < 4.78 is 20.4. The van der Waals surface area contributed by atoms with E-state index in [0.29, 0.717) is 0 Å². The minimum Gasteiger partial charge on any atom is -0.387 e. The molecule has 0 bridgehead atoms. The van der Waals surface area contributed by atoms with Gasteiger partial charge in [0.25, 0.3) is 5.91 Å². The van der Waals surface area contributed by atoms with Gasteiger partial charge in [-0.3, -0.25) is 19.6 Å². The number of aliphatic hydroxyl groups is 2. The second-order valence-corrected chi connectivity index (χ2v) is 6.65. The number of phosphoric acid groups is 1. The molecule has 0 spiro atoms. The van der Waals surface area contributed by atoms with Crippen molar-refractivity contribution in [3.05, 3.63) is 0 Å². The SMILES string of the molecule is NC1=N[C@@H]2[C@H](N=CN2[C@@H]2O[C@H](COP(=O)(O)O)[C@@H](O)[C@H]2O)C(=O)N1. The van der Waals surface area contributed by atoms with Crippen LogP contribution in [0.25, 0.3) is 0 Å². The molecule has 0 aromatic carbocycles. The van der Waals surface area contributed by atoms with Crippen molar-refractivity contribution in [3.8, 4) is 0 Å². The van der Waals surface area contributed by atoms with Crippen LogP contribution in [0, 0.1) is 0 Å². The lowest BCUT2D eigenvalue weighted by atomic mass is 10.1. The van der Waals surface area contributed by atoms with Crippen LogP contribution in [-0.4, -0.2) is 86.5 Å². The van der Waals surface area contributed by atoms with Crippen LogP contribution in [0.1, 0.15) is 0 Å². The molecule has 7 N–H and O–H groups in total. The molecule has 1 amide bonds. The molecule has 3 aliphatic rings. The molecule has 3 rings (SSSR count). The molecule has 24 heavy (non-hydrogen) atoms. The van der Waals surface area contributed by atoms with E-state index in [9.17, 15) is 19.6 Å². The van der Waals surface area contributed by atoms with Crippen LogP contribution in [0.4, 0.5) is 0 Å². The first-order chi connectivity index (χ1) is 11.2. The molecule has 1 fully saturated rings. The Hall–Kier alpha value is -1.60. The van der Waals surface area contributed by atoms with Crippen LogP contribution in [0.15, 0.2) is 9.98 Å². The van der Waals surface area contributed by atoms with Gasteiger partial charge in [-0.05, 0) is 0 Å². The molecule has 0 aromatic rings. The molecule has 14 heteroatoms. The first kappa shape index (κ1) is 17.2. The van der Waals surface area contributed by atoms with Gasteiger partial charge in [0.1, 0.15) is 18.3 Å². The number of aliphatic hydroxyl groups excluding tert-OH is 2. The predicted molar refractivity (Wildman–Crippen MR) is 76.3 cm³/mol. The maximum absolute atomic E-state index is 11.8. The number of ether oxygens (including phenoxy) is 1. The Morgan fingerprint density at radius 3 is 2.79 bits per heavy atom. The zero-order valence-corrected chi connectivity index (χ0v) is 12.9. The summed E-state index contributed by atoms with van der Waals surface area (Å²) in [5.74, 6) is -0.591. The quantitative estimate of drug-likeness (QED) is 0.267. The zero-order valence-electron chi connectivity index (χ0n) is 12.0. The number of hydrogen-bond acceptors (Lipinski definition) is 10. The van der Waals surface area contributed by atoms with Gasteiger partial charge in [0.15, 0.2) is 24.4 Å². The number of nitrogens with one attached hydrogen (secondary N) is 1. The highest BCUT2D eigenvalue weighted by Crippen LogP contribution is 2.37. The van der Waals surface area contributed by atoms with Crippen LogP contribution < -0.4 is 11.1 Å². The number of carbonyl (C=O) groups is 1. The number of guanidine groups is 1. The molecule has 0 unspecified atom stereocenters. The van der Waals surface area contributed by atoms with E-state index in [1.54, 1.807) is 0 Å². The maximum Gasteiger partial charge on any atom is 0.469 e. The maximum atomic E-state index is 11.8. The highest BCUT2D eigenvalue weighted by atomic mass is 31.2. The first-order valence-corrected chi connectivity index (χ1v) is 8.37. The van der Waals surface area contributed by atoms with Crippen molar-refractivity contribution in [2.45, 2.75) is 36.7 Å². The molecule has 134 valence electrons. The van der Waals surface area contributed by atoms with Crippen LogP contribution in [0.5, 0.6) is 0 Å². The van der Waals surface area contributed by atoms with Gasteiger partial charge in [0.2, 0.25) is 0 Å². The highest BCUT2D eigenvalue weighted by molar-refractivity contribution is 7.46. The Bertz CT molecular complexity index is 637. The summed E-state index contributed by atoms with van der Waals surface area (Å²) in [7, 11) is -4.75. The molecule has 1 saturated heterocycles. The third-order valence-corrected chi connectivity index (χ3v) is 4.26. The second-order valence-electron chi connectivity index (χ2n) is 5.41. The largest absolute Gasteiger partial charge is 0.469 e. The first-order valence-electron chi connectivity index (χ1n) is 6.84. The highest BCUT2D eigenvalue weighted by Gasteiger charge is 2.51. The number of aliphatic imine (C=N–C) groups is 2. The predicted octanol–water partition coefficient (Wildman–Crippen LogP) is -3.97. The number of carbonyl (C=O) groups excluding carboxylic acids is 1. The Morgan fingerprint density at radius 1 is 1.42 bits per heavy atom. The number of rotatable bonds is 4. The monoisotopic (exact) mass is 365 g/mol. The van der Waals surface area contributed by atoms with Gasteiger partial charge in [0, 0.05) is 0 Å². The van der Waals surface area contributed by atoms with Gasteiger partial charge < -0.3 is 35.4 Å². The fourth-order valence-corrected chi connectivity index (χ4v) is 3.01. The summed E-state index contributed by atoms with van der Waals surface area (Å²) in [4.78, 5) is 38.5. The molecule has 13 nitrogen and oxygen atoms in total. The van der Waals surface area contributed by atoms with E-state index in [1.807, 2.05) is 0 Å². The van der Waals surface area contributed by atoms with E-state index in [1.165, 1.54) is 11.2 Å². The van der Waals surface area contributed by atoms with Crippen LogP contribution in [0.2, 0.25) is 0 Å². The van der Waals surface area contributed by atoms with Crippen LogP contribution in [-0.2, 0) is 18.6 Å². The van der Waals surface area contributed by atoms with Gasteiger partial charge in [-0.15, -0.1) is 0 Å². The molecule has 0 aromatic heterocycles. The van der Waals surface area contributed by atoms with E-state index in [0.717, 1.165) is 0 Å². The van der Waals surface area contributed by atoms with Crippen molar-refractivity contribution in [2.75, 3.05) is 6.61 Å². The third-order valence-electron chi connectivity index (χ3n) is 3.78. The summed E-state index contributed by atoms with van der Waals surface area (Å²) >= 11 is 0. The molecule has 3 heterocycles. The van der Waals surface area contributed by atoms with Crippen molar-refractivity contribution in [3.63, 3.8) is 0 Å². The number of phosphoric ester groups is 1. The Labute approximate surface area is 135 Å². The van der Waals surface area contributed by atoms with Crippen LogP contribution >= 0.6 is 7.82 Å². The van der Waals surface area contributed by atoms with E-state index in [-0.39, 0.29) is 5.96 Å². The van der Waals surface area contributed by atoms with Gasteiger partial charge in [-0.25, -0.2) is 9.56 Å². The minimum absolute atomic E-state index is 0.119. The van der Waals surface area contributed by atoms with E-state index in [4.69, 9.17) is 20.3 Å². The Kier molecular flexibility index (Phi) is 4.34. The summed E-state index contributed by atoms with van der Waals surface area (Å²) in [6.45, 7) is -0.635. The molecule has 3 aliphatic heterocycles. The van der Waals surface area contributed by atoms with E-state index < -0.39 is 57.1 Å². The fourth-order valence-electron chi connectivity index (χ4n) is 2.67. The summed E-state index contributed by atoms with van der Waals surface area (Å²) in [5.41, 5.74) is 5.50. The lowest BCUT2D eigenvalue weighted by molar-refractivity contribution is -0.124. The summed E-state index contributed by atoms with van der Waals surface area (Å²) in [5, 5.41) is 22.4. The topological polar surface area (TPSA) is 200 Å². The molecule has 0 radical (unpaired) electrons. The smallest absolute Gasteiger partial charge is 0.387 e. The molecule has 0 saturated carbocycles. The van der Waals surface area contributed by atoms with Gasteiger partial charge >= 0.3 is 7.82 Å². The fraction of sp³-hybridized carbons (Fsp3) is 0.700.